The summed E-state index contributed by atoms with van der Waals surface area (Å²) in [5.74, 6) is 1.90. The highest BCUT2D eigenvalue weighted by atomic mass is 19.1. The summed E-state index contributed by atoms with van der Waals surface area (Å²) in [5.41, 5.74) is 0.641. The van der Waals surface area contributed by atoms with Gasteiger partial charge in [0.2, 0.25) is 11.8 Å². The van der Waals surface area contributed by atoms with Gasteiger partial charge in [-0.15, -0.1) is 0 Å². The van der Waals surface area contributed by atoms with Gasteiger partial charge < -0.3 is 10.2 Å². The third-order valence-electron chi connectivity index (χ3n) is 6.90. The third kappa shape index (κ3) is 3.74. The van der Waals surface area contributed by atoms with Crippen molar-refractivity contribution in [3.63, 3.8) is 0 Å². The summed E-state index contributed by atoms with van der Waals surface area (Å²) < 4.78 is 13.0. The van der Waals surface area contributed by atoms with Gasteiger partial charge in [0, 0.05) is 13.1 Å². The van der Waals surface area contributed by atoms with Crippen LogP contribution in [0, 0.1) is 29.0 Å². The molecule has 1 N–H and O–H groups in total. The Morgan fingerprint density at radius 1 is 1.07 bits per heavy atom. The summed E-state index contributed by atoms with van der Waals surface area (Å²) in [6.07, 6.45) is 6.97. The SMILES string of the molecule is CCN(CC(=O)NCc1ccc(F)cc1)C(=O)C12CC3CC(CC(C3)C1)C2. The number of nitrogens with zero attached hydrogens (tertiary/aromatic N) is 1. The van der Waals surface area contributed by atoms with Gasteiger partial charge in [-0.3, -0.25) is 9.59 Å². The normalized spacial score (nSPS) is 31.0. The summed E-state index contributed by atoms with van der Waals surface area (Å²) in [4.78, 5) is 27.5. The van der Waals surface area contributed by atoms with Gasteiger partial charge in [0.1, 0.15) is 5.82 Å². The van der Waals surface area contributed by atoms with Gasteiger partial charge in [-0.05, 0) is 80.9 Å². The van der Waals surface area contributed by atoms with Gasteiger partial charge >= 0.3 is 0 Å². The van der Waals surface area contributed by atoms with Crippen LogP contribution in [0.15, 0.2) is 24.3 Å². The van der Waals surface area contributed by atoms with Crippen LogP contribution in [0.1, 0.15) is 51.0 Å². The van der Waals surface area contributed by atoms with Crippen LogP contribution < -0.4 is 5.32 Å². The molecule has 4 fully saturated rings. The molecule has 0 atom stereocenters. The molecule has 0 aromatic heterocycles. The highest BCUT2D eigenvalue weighted by Gasteiger charge is 2.55. The number of hydrogen-bond donors (Lipinski definition) is 1. The van der Waals surface area contributed by atoms with E-state index in [0.29, 0.717) is 30.8 Å². The maximum Gasteiger partial charge on any atom is 0.239 e. The largest absolute Gasteiger partial charge is 0.350 e. The predicted molar refractivity (Wildman–Crippen MR) is 101 cm³/mol. The smallest absolute Gasteiger partial charge is 0.239 e. The van der Waals surface area contributed by atoms with E-state index in [1.807, 2.05) is 6.92 Å². The van der Waals surface area contributed by atoms with Crippen LogP contribution in [-0.2, 0) is 16.1 Å². The second-order valence-corrected chi connectivity index (χ2v) is 8.92. The van der Waals surface area contributed by atoms with Crippen molar-refractivity contribution in [1.29, 1.82) is 0 Å². The van der Waals surface area contributed by atoms with Crippen LogP contribution in [0.25, 0.3) is 0 Å². The van der Waals surface area contributed by atoms with Crippen molar-refractivity contribution in [2.75, 3.05) is 13.1 Å². The number of benzene rings is 1. The first-order valence-electron chi connectivity index (χ1n) is 10.3. The quantitative estimate of drug-likeness (QED) is 0.831. The fourth-order valence-electron chi connectivity index (χ4n) is 6.07. The van der Waals surface area contributed by atoms with E-state index in [1.54, 1.807) is 17.0 Å². The van der Waals surface area contributed by atoms with Crippen LogP contribution >= 0.6 is 0 Å². The molecule has 5 heteroatoms. The highest BCUT2D eigenvalue weighted by molar-refractivity contribution is 5.88. The van der Waals surface area contributed by atoms with Crippen molar-refractivity contribution in [3.05, 3.63) is 35.6 Å². The molecular weight excluding hydrogens is 343 g/mol. The Balaban J connectivity index is 1.36. The Labute approximate surface area is 160 Å². The molecule has 0 spiro atoms. The lowest BCUT2D eigenvalue weighted by Crippen LogP contribution is -2.55. The zero-order valence-corrected chi connectivity index (χ0v) is 16.0. The fourth-order valence-corrected chi connectivity index (χ4v) is 6.07. The van der Waals surface area contributed by atoms with E-state index in [4.69, 9.17) is 0 Å². The molecule has 1 aromatic rings. The standard InChI is InChI=1S/C22H29FN2O2/c1-2-25(14-20(26)24-13-15-3-5-19(23)6-4-15)21(27)22-10-16-7-17(11-22)9-18(8-16)12-22/h3-6,16-18H,2,7-14H2,1H3,(H,24,26). The van der Waals surface area contributed by atoms with Crippen LogP contribution in [-0.4, -0.2) is 29.8 Å². The molecule has 146 valence electrons. The highest BCUT2D eigenvalue weighted by Crippen LogP contribution is 2.60. The molecule has 27 heavy (non-hydrogen) atoms. The van der Waals surface area contributed by atoms with Gasteiger partial charge in [0.25, 0.3) is 0 Å². The van der Waals surface area contributed by atoms with Gasteiger partial charge in [-0.25, -0.2) is 4.39 Å². The molecule has 0 unspecified atom stereocenters. The Morgan fingerprint density at radius 3 is 2.15 bits per heavy atom. The van der Waals surface area contributed by atoms with Gasteiger partial charge in [0.05, 0.1) is 12.0 Å². The summed E-state index contributed by atoms with van der Waals surface area (Å²) in [5, 5.41) is 2.86. The minimum absolute atomic E-state index is 0.109. The molecule has 4 aliphatic carbocycles. The van der Waals surface area contributed by atoms with Crippen molar-refractivity contribution >= 4 is 11.8 Å². The molecule has 4 saturated carbocycles. The van der Waals surface area contributed by atoms with E-state index < -0.39 is 0 Å². The molecular formula is C22H29FN2O2. The number of nitrogens with one attached hydrogen (secondary N) is 1. The van der Waals surface area contributed by atoms with Crippen molar-refractivity contribution < 1.29 is 14.0 Å². The van der Waals surface area contributed by atoms with Gasteiger partial charge in [-0.2, -0.15) is 0 Å². The predicted octanol–water partition coefficient (Wildman–Crippen LogP) is 3.51. The lowest BCUT2D eigenvalue weighted by atomic mass is 9.49. The first-order chi connectivity index (χ1) is 13.0. The second-order valence-electron chi connectivity index (χ2n) is 8.92. The average Bonchev–Trinajstić information content (AvgIpc) is 2.64. The Hall–Kier alpha value is -1.91. The molecule has 4 nitrogen and oxygen atoms in total. The Kier molecular flexibility index (Phi) is 4.95. The Bertz CT molecular complexity index is 680. The van der Waals surface area contributed by atoms with Crippen LogP contribution in [0.2, 0.25) is 0 Å². The van der Waals surface area contributed by atoms with Crippen LogP contribution in [0.3, 0.4) is 0 Å². The summed E-state index contributed by atoms with van der Waals surface area (Å²) in [6.45, 7) is 2.97. The molecule has 4 bridgehead atoms. The number of carbonyl (C=O) groups excluding carboxylic acids is 2. The van der Waals surface area contributed by atoms with E-state index in [2.05, 4.69) is 5.32 Å². The summed E-state index contributed by atoms with van der Waals surface area (Å²) >= 11 is 0. The minimum Gasteiger partial charge on any atom is -0.350 e. The molecule has 0 heterocycles. The first kappa shape index (κ1) is 18.5. The maximum atomic E-state index is 13.4. The lowest BCUT2D eigenvalue weighted by molar-refractivity contribution is -0.158. The molecule has 4 aliphatic rings. The van der Waals surface area contributed by atoms with Gasteiger partial charge in [0.15, 0.2) is 0 Å². The lowest BCUT2D eigenvalue weighted by Gasteiger charge is -2.56. The number of likely N-dealkylation sites (N-methyl/N-ethyl adjacent to an activating group) is 1. The molecule has 1 aromatic carbocycles. The minimum atomic E-state index is -0.289. The number of rotatable bonds is 6. The molecule has 2 amide bonds. The molecule has 0 aliphatic heterocycles. The first-order valence-corrected chi connectivity index (χ1v) is 10.3. The van der Waals surface area contributed by atoms with Crippen molar-refractivity contribution in [2.24, 2.45) is 23.2 Å². The van der Waals surface area contributed by atoms with E-state index in [9.17, 15) is 14.0 Å². The van der Waals surface area contributed by atoms with Crippen molar-refractivity contribution in [2.45, 2.75) is 52.0 Å². The number of amides is 2. The molecule has 0 saturated heterocycles. The number of hydrogen-bond acceptors (Lipinski definition) is 2. The fraction of sp³-hybridized carbons (Fsp3) is 0.636. The number of carbonyl (C=O) groups is 2. The Morgan fingerprint density at radius 2 is 1.63 bits per heavy atom. The summed E-state index contributed by atoms with van der Waals surface area (Å²) in [7, 11) is 0. The molecule has 5 rings (SSSR count). The van der Waals surface area contributed by atoms with E-state index in [0.717, 1.165) is 24.8 Å². The van der Waals surface area contributed by atoms with E-state index in [1.165, 1.54) is 31.4 Å². The van der Waals surface area contributed by atoms with Crippen molar-refractivity contribution in [1.82, 2.24) is 10.2 Å². The average molecular weight is 372 g/mol. The monoisotopic (exact) mass is 372 g/mol. The topological polar surface area (TPSA) is 49.4 Å². The summed E-state index contributed by atoms with van der Waals surface area (Å²) in [6, 6.07) is 6.09. The van der Waals surface area contributed by atoms with E-state index in [-0.39, 0.29) is 29.6 Å². The molecule has 0 radical (unpaired) electrons. The third-order valence-corrected chi connectivity index (χ3v) is 6.90. The zero-order chi connectivity index (χ0) is 19.0. The maximum absolute atomic E-state index is 13.4. The number of halogens is 1. The van der Waals surface area contributed by atoms with Gasteiger partial charge in [-0.1, -0.05) is 12.1 Å². The van der Waals surface area contributed by atoms with Crippen LogP contribution in [0.4, 0.5) is 4.39 Å². The second kappa shape index (κ2) is 7.25. The van der Waals surface area contributed by atoms with E-state index >= 15 is 0 Å². The zero-order valence-electron chi connectivity index (χ0n) is 16.0. The van der Waals surface area contributed by atoms with Crippen LogP contribution in [0.5, 0.6) is 0 Å². The van der Waals surface area contributed by atoms with Crippen molar-refractivity contribution in [3.8, 4) is 0 Å².